The summed E-state index contributed by atoms with van der Waals surface area (Å²) in [6.07, 6.45) is 2.45. The first kappa shape index (κ1) is 22.6. The topological polar surface area (TPSA) is 78.8 Å². The first-order valence-corrected chi connectivity index (χ1v) is 11.0. The molecule has 1 aliphatic rings. The van der Waals surface area contributed by atoms with Crippen molar-refractivity contribution in [3.05, 3.63) is 64.7 Å². The molecule has 0 aromatic heterocycles. The molecule has 1 fully saturated rings. The van der Waals surface area contributed by atoms with Gasteiger partial charge in [0, 0.05) is 11.6 Å². The van der Waals surface area contributed by atoms with E-state index >= 15 is 0 Å². The summed E-state index contributed by atoms with van der Waals surface area (Å²) in [5.74, 6) is 0.742. The van der Waals surface area contributed by atoms with Crippen molar-refractivity contribution in [1.29, 1.82) is 0 Å². The van der Waals surface area contributed by atoms with Crippen LogP contribution >= 0.6 is 11.6 Å². The highest BCUT2D eigenvalue weighted by Gasteiger charge is 2.26. The Morgan fingerprint density at radius 3 is 2.67 bits per heavy atom. The summed E-state index contributed by atoms with van der Waals surface area (Å²) in [6, 6.07) is 15.2. The van der Waals surface area contributed by atoms with E-state index < -0.39 is 18.2 Å². The van der Waals surface area contributed by atoms with Gasteiger partial charge in [0.25, 0.3) is 0 Å². The Kier molecular flexibility index (Phi) is 8.14. The molecule has 6 heteroatoms. The maximum atomic E-state index is 11.1. The summed E-state index contributed by atoms with van der Waals surface area (Å²) < 4.78 is 5.54. The van der Waals surface area contributed by atoms with Crippen LogP contribution < -0.4 is 10.1 Å². The molecule has 0 aliphatic heterocycles. The number of benzene rings is 2. The summed E-state index contributed by atoms with van der Waals surface area (Å²) in [5, 5.41) is 23.5. The number of aliphatic carboxylic acids is 1. The fourth-order valence-corrected chi connectivity index (χ4v) is 4.31. The van der Waals surface area contributed by atoms with Gasteiger partial charge in [-0.25, -0.2) is 4.79 Å². The van der Waals surface area contributed by atoms with Crippen LogP contribution in [0.1, 0.15) is 55.8 Å². The van der Waals surface area contributed by atoms with Crippen molar-refractivity contribution in [2.75, 3.05) is 13.1 Å². The Balaban J connectivity index is 1.44. The number of halogens is 1. The van der Waals surface area contributed by atoms with Crippen LogP contribution in [0.4, 0.5) is 0 Å². The molecule has 162 valence electrons. The van der Waals surface area contributed by atoms with Gasteiger partial charge >= 0.3 is 5.97 Å². The van der Waals surface area contributed by atoms with Crippen LogP contribution in [0.15, 0.2) is 48.5 Å². The number of aliphatic hydroxyl groups is 1. The third kappa shape index (κ3) is 6.21. The first-order chi connectivity index (χ1) is 14.5. The molecule has 0 saturated heterocycles. The van der Waals surface area contributed by atoms with Gasteiger partial charge in [-0.05, 0) is 79.5 Å². The fraction of sp³-hybridized carbons (Fsp3) is 0.458. The zero-order chi connectivity index (χ0) is 21.5. The van der Waals surface area contributed by atoms with Crippen LogP contribution in [0, 0.1) is 5.92 Å². The predicted octanol–water partition coefficient (Wildman–Crippen LogP) is 4.79. The minimum absolute atomic E-state index is 0.431. The molecular formula is C24H30ClNO4. The molecule has 0 bridgehead atoms. The number of hydrogen-bond donors (Lipinski definition) is 3. The molecule has 3 N–H and O–H groups in total. The number of rotatable bonds is 10. The molecule has 3 rings (SSSR count). The molecule has 0 amide bonds. The van der Waals surface area contributed by atoms with Crippen molar-refractivity contribution in [2.45, 2.75) is 50.7 Å². The van der Waals surface area contributed by atoms with Crippen molar-refractivity contribution in [3.63, 3.8) is 0 Å². The Hall–Kier alpha value is -2.08. The average molecular weight is 432 g/mol. The maximum absolute atomic E-state index is 11.1. The summed E-state index contributed by atoms with van der Waals surface area (Å²) >= 11 is 5.99. The summed E-state index contributed by atoms with van der Waals surface area (Å²) in [6.45, 7) is 3.19. The third-order valence-corrected chi connectivity index (χ3v) is 6.06. The normalized spacial score (nSPS) is 20.6. The number of ether oxygens (including phenoxy) is 1. The van der Waals surface area contributed by atoms with E-state index in [1.54, 1.807) is 19.1 Å². The Morgan fingerprint density at radius 1 is 1.23 bits per heavy atom. The molecule has 0 spiro atoms. The Bertz CT molecular complexity index is 826. The van der Waals surface area contributed by atoms with E-state index in [1.807, 2.05) is 36.4 Å². The van der Waals surface area contributed by atoms with Crippen molar-refractivity contribution in [2.24, 2.45) is 5.92 Å². The molecule has 2 aromatic carbocycles. The molecular weight excluding hydrogens is 402 g/mol. The largest absolute Gasteiger partial charge is 0.479 e. The minimum Gasteiger partial charge on any atom is -0.479 e. The molecule has 30 heavy (non-hydrogen) atoms. The summed E-state index contributed by atoms with van der Waals surface area (Å²) in [7, 11) is 0. The molecule has 2 aromatic rings. The summed E-state index contributed by atoms with van der Waals surface area (Å²) in [5.41, 5.74) is 2.10. The van der Waals surface area contributed by atoms with E-state index in [0.29, 0.717) is 35.6 Å². The number of carboxylic acids is 1. The average Bonchev–Trinajstić information content (AvgIpc) is 3.21. The SMILES string of the molecule is CC[C@@H](Oc1ccc(C2CCC(CNCC(O)c3cccc(Cl)c3)C2)cc1)C(=O)O. The van der Waals surface area contributed by atoms with E-state index in [-0.39, 0.29) is 0 Å². The van der Waals surface area contributed by atoms with Crippen LogP contribution in [0.5, 0.6) is 5.75 Å². The lowest BCUT2D eigenvalue weighted by Gasteiger charge is -2.16. The van der Waals surface area contributed by atoms with E-state index in [9.17, 15) is 9.90 Å². The van der Waals surface area contributed by atoms with Gasteiger partial charge < -0.3 is 20.3 Å². The van der Waals surface area contributed by atoms with Crippen molar-refractivity contribution in [1.82, 2.24) is 5.32 Å². The van der Waals surface area contributed by atoms with Gasteiger partial charge in [-0.2, -0.15) is 0 Å². The molecule has 3 unspecified atom stereocenters. The van der Waals surface area contributed by atoms with Crippen molar-refractivity contribution in [3.8, 4) is 5.75 Å². The van der Waals surface area contributed by atoms with Crippen molar-refractivity contribution < 1.29 is 19.7 Å². The second-order valence-electron chi connectivity index (χ2n) is 8.03. The predicted molar refractivity (Wildman–Crippen MR) is 118 cm³/mol. The smallest absolute Gasteiger partial charge is 0.344 e. The quantitative estimate of drug-likeness (QED) is 0.504. The molecule has 1 saturated carbocycles. The minimum atomic E-state index is -0.937. The second-order valence-corrected chi connectivity index (χ2v) is 8.46. The van der Waals surface area contributed by atoms with Gasteiger partial charge in [0.05, 0.1) is 6.10 Å². The lowest BCUT2D eigenvalue weighted by atomic mass is 9.96. The van der Waals surface area contributed by atoms with Gasteiger partial charge in [-0.1, -0.05) is 42.8 Å². The number of hydrogen-bond acceptors (Lipinski definition) is 4. The monoisotopic (exact) mass is 431 g/mol. The highest BCUT2D eigenvalue weighted by Crippen LogP contribution is 2.38. The van der Waals surface area contributed by atoms with Crippen LogP contribution in [0.3, 0.4) is 0 Å². The number of aliphatic hydroxyl groups excluding tert-OH is 1. The van der Waals surface area contributed by atoms with Crippen LogP contribution in [-0.2, 0) is 4.79 Å². The van der Waals surface area contributed by atoms with Crippen molar-refractivity contribution >= 4 is 17.6 Å². The highest BCUT2D eigenvalue weighted by molar-refractivity contribution is 6.30. The highest BCUT2D eigenvalue weighted by atomic mass is 35.5. The number of carbonyl (C=O) groups is 1. The molecule has 4 atom stereocenters. The van der Waals surface area contributed by atoms with Gasteiger partial charge in [0.15, 0.2) is 6.10 Å². The lowest BCUT2D eigenvalue weighted by molar-refractivity contribution is -0.145. The zero-order valence-corrected chi connectivity index (χ0v) is 18.0. The zero-order valence-electron chi connectivity index (χ0n) is 17.3. The van der Waals surface area contributed by atoms with E-state index in [0.717, 1.165) is 31.4 Å². The Labute approximate surface area is 183 Å². The van der Waals surface area contributed by atoms with Crippen LogP contribution in [-0.4, -0.2) is 35.4 Å². The molecule has 1 aliphatic carbocycles. The second kappa shape index (κ2) is 10.8. The third-order valence-electron chi connectivity index (χ3n) is 5.82. The fourth-order valence-electron chi connectivity index (χ4n) is 4.11. The van der Waals surface area contributed by atoms with Gasteiger partial charge in [-0.15, -0.1) is 0 Å². The van der Waals surface area contributed by atoms with Gasteiger partial charge in [0.1, 0.15) is 5.75 Å². The number of carboxylic acid groups (broad SMARTS) is 1. The van der Waals surface area contributed by atoms with E-state index in [2.05, 4.69) is 5.32 Å². The maximum Gasteiger partial charge on any atom is 0.344 e. The molecule has 5 nitrogen and oxygen atoms in total. The number of nitrogens with one attached hydrogen (secondary N) is 1. The molecule has 0 radical (unpaired) electrons. The standard InChI is InChI=1S/C24H30ClNO4/c1-2-23(24(28)29)30-21-10-8-17(9-11-21)18-7-6-16(12-18)14-26-15-22(27)19-4-3-5-20(25)13-19/h3-5,8-11,13,16,18,22-23,26-27H,2,6-7,12,14-15H2,1H3,(H,28,29)/t16?,18?,22?,23-/m1/s1. The lowest BCUT2D eigenvalue weighted by Crippen LogP contribution is -2.26. The van der Waals surface area contributed by atoms with E-state index in [1.165, 1.54) is 5.56 Å². The summed E-state index contributed by atoms with van der Waals surface area (Å²) in [4.78, 5) is 11.1. The van der Waals surface area contributed by atoms with Gasteiger partial charge in [0.2, 0.25) is 0 Å². The van der Waals surface area contributed by atoms with Gasteiger partial charge in [-0.3, -0.25) is 0 Å². The van der Waals surface area contributed by atoms with Crippen LogP contribution in [0.2, 0.25) is 5.02 Å². The Morgan fingerprint density at radius 2 is 2.00 bits per heavy atom. The van der Waals surface area contributed by atoms with E-state index in [4.69, 9.17) is 21.4 Å². The molecule has 0 heterocycles. The first-order valence-electron chi connectivity index (χ1n) is 10.6. The van der Waals surface area contributed by atoms with Crippen LogP contribution in [0.25, 0.3) is 0 Å².